The zero-order chi connectivity index (χ0) is 16.3. The van der Waals surface area contributed by atoms with Gasteiger partial charge < -0.3 is 0 Å². The molecule has 1 aromatic heterocycles. The van der Waals surface area contributed by atoms with Crippen LogP contribution in [0, 0.1) is 12.7 Å². The lowest BCUT2D eigenvalue weighted by molar-refractivity contribution is 0.0846. The summed E-state index contributed by atoms with van der Waals surface area (Å²) in [5.41, 5.74) is 5.16. The van der Waals surface area contributed by atoms with Gasteiger partial charge in [0.15, 0.2) is 0 Å². The Balaban J connectivity index is 2.06. The maximum Gasteiger partial charge on any atom is 0.279 e. The standard InChI is InChI=1S/C15H14ClFN2O2S/c1-3-11-8(2)7-12(22-11)14(20)18-19-15(21)13-9(16)5-4-6-10(13)17/h4-7H,3H2,1-2H3,(H,18,20)(H,19,21). The molecule has 0 aliphatic heterocycles. The van der Waals surface area contributed by atoms with E-state index in [1.165, 1.54) is 23.5 Å². The summed E-state index contributed by atoms with van der Waals surface area (Å²) in [4.78, 5) is 25.5. The van der Waals surface area contributed by atoms with Crippen molar-refractivity contribution in [3.63, 3.8) is 0 Å². The fourth-order valence-corrected chi connectivity index (χ4v) is 3.19. The Morgan fingerprint density at radius 2 is 1.95 bits per heavy atom. The summed E-state index contributed by atoms with van der Waals surface area (Å²) in [6.45, 7) is 3.92. The van der Waals surface area contributed by atoms with Gasteiger partial charge in [-0.25, -0.2) is 4.39 Å². The highest BCUT2D eigenvalue weighted by Crippen LogP contribution is 2.22. The minimum Gasteiger partial charge on any atom is -0.267 e. The van der Waals surface area contributed by atoms with Crippen molar-refractivity contribution >= 4 is 34.8 Å². The molecule has 0 spiro atoms. The minimum atomic E-state index is -0.805. The zero-order valence-electron chi connectivity index (χ0n) is 12.0. The number of carbonyl (C=O) groups is 2. The van der Waals surface area contributed by atoms with Crippen LogP contribution in [0.5, 0.6) is 0 Å². The first-order chi connectivity index (χ1) is 10.4. The van der Waals surface area contributed by atoms with Gasteiger partial charge in [0.25, 0.3) is 11.8 Å². The number of nitrogens with one attached hydrogen (secondary N) is 2. The van der Waals surface area contributed by atoms with Crippen LogP contribution in [0.3, 0.4) is 0 Å². The maximum atomic E-state index is 13.6. The van der Waals surface area contributed by atoms with E-state index in [2.05, 4.69) is 10.9 Å². The van der Waals surface area contributed by atoms with Gasteiger partial charge in [-0.1, -0.05) is 24.6 Å². The van der Waals surface area contributed by atoms with Crippen molar-refractivity contribution in [3.8, 4) is 0 Å². The highest BCUT2D eigenvalue weighted by atomic mass is 35.5. The van der Waals surface area contributed by atoms with Crippen LogP contribution in [0.15, 0.2) is 24.3 Å². The zero-order valence-corrected chi connectivity index (χ0v) is 13.6. The highest BCUT2D eigenvalue weighted by Gasteiger charge is 2.17. The number of amides is 2. The van der Waals surface area contributed by atoms with Crippen molar-refractivity contribution in [2.75, 3.05) is 0 Å². The van der Waals surface area contributed by atoms with Gasteiger partial charge in [0.2, 0.25) is 0 Å². The topological polar surface area (TPSA) is 58.2 Å². The number of thiophene rings is 1. The van der Waals surface area contributed by atoms with Crippen LogP contribution >= 0.6 is 22.9 Å². The van der Waals surface area contributed by atoms with Gasteiger partial charge in [0, 0.05) is 4.88 Å². The van der Waals surface area contributed by atoms with E-state index in [4.69, 9.17) is 11.6 Å². The lowest BCUT2D eigenvalue weighted by Gasteiger charge is -2.08. The molecular weight excluding hydrogens is 327 g/mol. The Hall–Kier alpha value is -1.92. The van der Waals surface area contributed by atoms with Crippen molar-refractivity contribution in [1.29, 1.82) is 0 Å². The van der Waals surface area contributed by atoms with E-state index in [0.29, 0.717) is 4.88 Å². The summed E-state index contributed by atoms with van der Waals surface area (Å²) in [5, 5.41) is -0.0213. The molecule has 0 unspecified atom stereocenters. The number of hydrogen-bond acceptors (Lipinski definition) is 3. The summed E-state index contributed by atoms with van der Waals surface area (Å²) in [7, 11) is 0. The SMILES string of the molecule is CCc1sc(C(=O)NNC(=O)c2c(F)cccc2Cl)cc1C. The highest BCUT2D eigenvalue weighted by molar-refractivity contribution is 7.14. The fourth-order valence-electron chi connectivity index (χ4n) is 1.94. The molecule has 2 amide bonds. The Kier molecular flexibility index (Phi) is 5.15. The molecule has 2 rings (SSSR count). The molecule has 0 fully saturated rings. The van der Waals surface area contributed by atoms with Crippen LogP contribution in [0.1, 0.15) is 37.4 Å². The van der Waals surface area contributed by atoms with E-state index in [1.54, 1.807) is 6.07 Å². The molecule has 0 saturated carbocycles. The molecule has 22 heavy (non-hydrogen) atoms. The molecule has 0 bridgehead atoms. The molecule has 0 aliphatic carbocycles. The number of hydrazine groups is 1. The largest absolute Gasteiger partial charge is 0.279 e. The van der Waals surface area contributed by atoms with E-state index in [1.807, 2.05) is 13.8 Å². The van der Waals surface area contributed by atoms with Gasteiger partial charge in [-0.05, 0) is 37.1 Å². The lowest BCUT2D eigenvalue weighted by atomic mass is 10.2. The second-order valence-electron chi connectivity index (χ2n) is 4.58. The van der Waals surface area contributed by atoms with Crippen molar-refractivity contribution in [2.24, 2.45) is 0 Å². The van der Waals surface area contributed by atoms with Crippen LogP contribution in [0.2, 0.25) is 5.02 Å². The van der Waals surface area contributed by atoms with Crippen LogP contribution in [0.4, 0.5) is 4.39 Å². The number of carbonyl (C=O) groups excluding carboxylic acids is 2. The summed E-state index contributed by atoms with van der Waals surface area (Å²) in [5.74, 6) is -2.01. The summed E-state index contributed by atoms with van der Waals surface area (Å²) in [6, 6.07) is 5.67. The Labute approximate surface area is 136 Å². The van der Waals surface area contributed by atoms with Crippen molar-refractivity contribution in [2.45, 2.75) is 20.3 Å². The minimum absolute atomic E-state index is 0.0213. The van der Waals surface area contributed by atoms with Crippen molar-refractivity contribution in [3.05, 3.63) is 56.0 Å². The second kappa shape index (κ2) is 6.89. The first-order valence-corrected chi connectivity index (χ1v) is 7.77. The molecule has 7 heteroatoms. The van der Waals surface area contributed by atoms with Crippen LogP contribution in [0.25, 0.3) is 0 Å². The Morgan fingerprint density at radius 3 is 2.55 bits per heavy atom. The van der Waals surface area contributed by atoms with Crippen molar-refractivity contribution in [1.82, 2.24) is 10.9 Å². The van der Waals surface area contributed by atoms with E-state index < -0.39 is 17.6 Å². The summed E-state index contributed by atoms with van der Waals surface area (Å²) < 4.78 is 13.6. The van der Waals surface area contributed by atoms with E-state index in [9.17, 15) is 14.0 Å². The van der Waals surface area contributed by atoms with Crippen LogP contribution < -0.4 is 10.9 Å². The van der Waals surface area contributed by atoms with Crippen LogP contribution in [-0.4, -0.2) is 11.8 Å². The predicted octanol–water partition coefficient (Wildman–Crippen LogP) is 3.49. The Morgan fingerprint density at radius 1 is 1.27 bits per heavy atom. The van der Waals surface area contributed by atoms with Gasteiger partial charge in [0.1, 0.15) is 5.82 Å². The van der Waals surface area contributed by atoms with Crippen LogP contribution in [-0.2, 0) is 6.42 Å². The number of rotatable bonds is 3. The Bertz CT molecular complexity index is 710. The van der Waals surface area contributed by atoms with Gasteiger partial charge in [-0.2, -0.15) is 0 Å². The number of benzene rings is 1. The van der Waals surface area contributed by atoms with Gasteiger partial charge in [-0.15, -0.1) is 11.3 Å². The van der Waals surface area contributed by atoms with E-state index in [-0.39, 0.29) is 10.6 Å². The third-order valence-corrected chi connectivity index (χ3v) is 4.74. The molecule has 2 N–H and O–H groups in total. The molecule has 4 nitrogen and oxygen atoms in total. The quantitative estimate of drug-likeness (QED) is 0.840. The number of aryl methyl sites for hydroxylation is 2. The second-order valence-corrected chi connectivity index (χ2v) is 6.12. The molecule has 0 radical (unpaired) electrons. The molecule has 1 aromatic carbocycles. The third kappa shape index (κ3) is 3.45. The average molecular weight is 341 g/mol. The number of hydrogen-bond donors (Lipinski definition) is 2. The van der Waals surface area contributed by atoms with Crippen molar-refractivity contribution < 1.29 is 14.0 Å². The lowest BCUT2D eigenvalue weighted by Crippen LogP contribution is -2.41. The first kappa shape index (κ1) is 16.5. The molecule has 0 aliphatic rings. The molecule has 2 aromatic rings. The molecule has 0 saturated heterocycles. The first-order valence-electron chi connectivity index (χ1n) is 6.58. The molecule has 0 atom stereocenters. The summed E-state index contributed by atoms with van der Waals surface area (Å²) in [6.07, 6.45) is 0.834. The van der Waals surface area contributed by atoms with E-state index >= 15 is 0 Å². The normalized spacial score (nSPS) is 10.4. The van der Waals surface area contributed by atoms with Gasteiger partial charge >= 0.3 is 0 Å². The van der Waals surface area contributed by atoms with Gasteiger partial charge in [-0.3, -0.25) is 20.4 Å². The van der Waals surface area contributed by atoms with Gasteiger partial charge in [0.05, 0.1) is 15.5 Å². The molecule has 1 heterocycles. The third-order valence-electron chi connectivity index (χ3n) is 3.04. The monoisotopic (exact) mass is 340 g/mol. The predicted molar refractivity (Wildman–Crippen MR) is 84.8 cm³/mol. The van der Waals surface area contributed by atoms with E-state index in [0.717, 1.165) is 22.9 Å². The number of halogens is 2. The smallest absolute Gasteiger partial charge is 0.267 e. The summed E-state index contributed by atoms with van der Waals surface area (Å²) >= 11 is 7.15. The molecular formula is C15H14ClFN2O2S. The fraction of sp³-hybridized carbons (Fsp3) is 0.200. The maximum absolute atomic E-state index is 13.6. The average Bonchev–Trinajstić information content (AvgIpc) is 2.85. The molecule has 116 valence electrons.